The Balaban J connectivity index is 2.09. The van der Waals surface area contributed by atoms with E-state index in [-0.39, 0.29) is 11.3 Å². The standard InChI is InChI=1S/C16H19N3O2/c1-16(2,14-9-13(10-20)18-19(14)3)11-17-15(21)12-7-5-4-6-8-12/h4-10H,11H2,1-3H3,(H,17,21). The number of aromatic nitrogens is 2. The summed E-state index contributed by atoms with van der Waals surface area (Å²) in [7, 11) is 1.79. The molecule has 0 unspecified atom stereocenters. The predicted octanol–water partition coefficient (Wildman–Crippen LogP) is 1.94. The van der Waals surface area contributed by atoms with E-state index in [0.29, 0.717) is 17.8 Å². The minimum absolute atomic E-state index is 0.110. The molecule has 1 N–H and O–H groups in total. The molecule has 1 aromatic carbocycles. The fourth-order valence-corrected chi connectivity index (χ4v) is 2.26. The number of hydrogen-bond donors (Lipinski definition) is 1. The van der Waals surface area contributed by atoms with Crippen LogP contribution in [0.2, 0.25) is 0 Å². The Kier molecular flexibility index (Phi) is 4.21. The summed E-state index contributed by atoms with van der Waals surface area (Å²) >= 11 is 0. The van der Waals surface area contributed by atoms with Gasteiger partial charge in [-0.15, -0.1) is 0 Å². The van der Waals surface area contributed by atoms with Gasteiger partial charge < -0.3 is 5.32 Å². The highest BCUT2D eigenvalue weighted by atomic mass is 16.1. The van der Waals surface area contributed by atoms with Crippen molar-refractivity contribution in [3.63, 3.8) is 0 Å². The van der Waals surface area contributed by atoms with Gasteiger partial charge in [0.25, 0.3) is 5.91 Å². The fraction of sp³-hybridized carbons (Fsp3) is 0.312. The summed E-state index contributed by atoms with van der Waals surface area (Å²) in [6.07, 6.45) is 0.724. The van der Waals surface area contributed by atoms with E-state index in [9.17, 15) is 9.59 Å². The maximum Gasteiger partial charge on any atom is 0.251 e. The summed E-state index contributed by atoms with van der Waals surface area (Å²) in [6.45, 7) is 4.46. The molecular weight excluding hydrogens is 266 g/mol. The maximum absolute atomic E-state index is 12.1. The third-order valence-electron chi connectivity index (χ3n) is 3.44. The Bertz CT molecular complexity index is 645. The smallest absolute Gasteiger partial charge is 0.251 e. The summed E-state index contributed by atoms with van der Waals surface area (Å²) in [6, 6.07) is 10.8. The number of aryl methyl sites for hydroxylation is 1. The zero-order chi connectivity index (χ0) is 15.5. The van der Waals surface area contributed by atoms with Crippen LogP contribution in [-0.2, 0) is 12.5 Å². The molecule has 2 rings (SSSR count). The molecule has 0 radical (unpaired) electrons. The fourth-order valence-electron chi connectivity index (χ4n) is 2.26. The van der Waals surface area contributed by atoms with Gasteiger partial charge >= 0.3 is 0 Å². The lowest BCUT2D eigenvalue weighted by atomic mass is 9.88. The lowest BCUT2D eigenvalue weighted by Crippen LogP contribution is -2.37. The molecule has 1 amide bonds. The zero-order valence-electron chi connectivity index (χ0n) is 12.5. The third-order valence-corrected chi connectivity index (χ3v) is 3.44. The molecule has 5 heteroatoms. The average molecular weight is 285 g/mol. The molecule has 0 saturated heterocycles. The largest absolute Gasteiger partial charge is 0.351 e. The van der Waals surface area contributed by atoms with E-state index in [4.69, 9.17) is 0 Å². The molecule has 0 bridgehead atoms. The van der Waals surface area contributed by atoms with Crippen molar-refractivity contribution in [1.29, 1.82) is 0 Å². The Labute approximate surface area is 124 Å². The highest BCUT2D eigenvalue weighted by molar-refractivity contribution is 5.94. The van der Waals surface area contributed by atoms with Crippen molar-refractivity contribution in [1.82, 2.24) is 15.1 Å². The molecule has 1 heterocycles. The van der Waals surface area contributed by atoms with Crippen LogP contribution in [0.5, 0.6) is 0 Å². The Hall–Kier alpha value is -2.43. The van der Waals surface area contributed by atoms with E-state index in [0.717, 1.165) is 12.0 Å². The van der Waals surface area contributed by atoms with Crippen LogP contribution in [0.25, 0.3) is 0 Å². The molecule has 0 spiro atoms. The van der Waals surface area contributed by atoms with Crippen LogP contribution in [0.15, 0.2) is 36.4 Å². The van der Waals surface area contributed by atoms with E-state index in [2.05, 4.69) is 10.4 Å². The summed E-state index contributed by atoms with van der Waals surface area (Å²) in [5.74, 6) is -0.110. The van der Waals surface area contributed by atoms with Crippen LogP contribution in [0.1, 0.15) is 40.4 Å². The van der Waals surface area contributed by atoms with Crippen LogP contribution in [0.3, 0.4) is 0 Å². The second-order valence-electron chi connectivity index (χ2n) is 5.63. The van der Waals surface area contributed by atoms with Crippen molar-refractivity contribution >= 4 is 12.2 Å². The van der Waals surface area contributed by atoms with Gasteiger partial charge in [0.05, 0.1) is 0 Å². The van der Waals surface area contributed by atoms with E-state index in [1.54, 1.807) is 29.9 Å². The molecular formula is C16H19N3O2. The Morgan fingerprint density at radius 3 is 2.57 bits per heavy atom. The first-order valence-corrected chi connectivity index (χ1v) is 6.77. The molecule has 0 aliphatic carbocycles. The average Bonchev–Trinajstić information content (AvgIpc) is 2.88. The number of carbonyl (C=O) groups excluding carboxylic acids is 2. The first kappa shape index (κ1) is 15.0. The molecule has 2 aromatic rings. The first-order chi connectivity index (χ1) is 9.94. The number of aldehydes is 1. The van der Waals surface area contributed by atoms with E-state index < -0.39 is 0 Å². The monoisotopic (exact) mass is 285 g/mol. The quantitative estimate of drug-likeness (QED) is 0.854. The molecule has 21 heavy (non-hydrogen) atoms. The van der Waals surface area contributed by atoms with Crippen LogP contribution < -0.4 is 5.32 Å². The Morgan fingerprint density at radius 1 is 1.33 bits per heavy atom. The summed E-state index contributed by atoms with van der Waals surface area (Å²) < 4.78 is 1.68. The van der Waals surface area contributed by atoms with Gasteiger partial charge in [-0.1, -0.05) is 32.0 Å². The van der Waals surface area contributed by atoms with E-state index >= 15 is 0 Å². The van der Waals surface area contributed by atoms with E-state index in [1.165, 1.54) is 0 Å². The van der Waals surface area contributed by atoms with Crippen molar-refractivity contribution in [3.8, 4) is 0 Å². The van der Waals surface area contributed by atoms with Crippen molar-refractivity contribution in [2.45, 2.75) is 19.3 Å². The predicted molar refractivity (Wildman–Crippen MR) is 80.4 cm³/mol. The van der Waals surface area contributed by atoms with Crippen molar-refractivity contribution in [3.05, 3.63) is 53.3 Å². The minimum Gasteiger partial charge on any atom is -0.351 e. The number of rotatable bonds is 5. The molecule has 0 saturated carbocycles. The van der Waals surface area contributed by atoms with Crippen LogP contribution in [-0.4, -0.2) is 28.5 Å². The number of nitrogens with zero attached hydrogens (tertiary/aromatic N) is 2. The van der Waals surface area contributed by atoms with Crippen molar-refractivity contribution < 1.29 is 9.59 Å². The maximum atomic E-state index is 12.1. The SMILES string of the molecule is Cn1nc(C=O)cc1C(C)(C)CNC(=O)c1ccccc1. The number of benzene rings is 1. The van der Waals surface area contributed by atoms with Gasteiger partial charge in [-0.3, -0.25) is 14.3 Å². The second kappa shape index (κ2) is 5.91. The number of hydrogen-bond acceptors (Lipinski definition) is 3. The molecule has 1 aromatic heterocycles. The van der Waals surface area contributed by atoms with Crippen molar-refractivity contribution in [2.24, 2.45) is 7.05 Å². The molecule has 0 aliphatic heterocycles. The normalized spacial score (nSPS) is 11.2. The number of amides is 1. The van der Waals surface area contributed by atoms with Gasteiger partial charge in [0.2, 0.25) is 0 Å². The molecule has 0 fully saturated rings. The summed E-state index contributed by atoms with van der Waals surface area (Å²) in [5, 5.41) is 7.04. The third kappa shape index (κ3) is 3.37. The van der Waals surface area contributed by atoms with Gasteiger partial charge in [0.15, 0.2) is 6.29 Å². The van der Waals surface area contributed by atoms with Crippen LogP contribution in [0, 0.1) is 0 Å². The topological polar surface area (TPSA) is 64.0 Å². The second-order valence-corrected chi connectivity index (χ2v) is 5.63. The van der Waals surface area contributed by atoms with Crippen LogP contribution >= 0.6 is 0 Å². The van der Waals surface area contributed by atoms with Crippen LogP contribution in [0.4, 0.5) is 0 Å². The highest BCUT2D eigenvalue weighted by Gasteiger charge is 2.26. The molecule has 5 nitrogen and oxygen atoms in total. The first-order valence-electron chi connectivity index (χ1n) is 6.77. The molecule has 0 atom stereocenters. The highest BCUT2D eigenvalue weighted by Crippen LogP contribution is 2.22. The van der Waals surface area contributed by atoms with Crippen molar-refractivity contribution in [2.75, 3.05) is 6.54 Å². The summed E-state index contributed by atoms with van der Waals surface area (Å²) in [4.78, 5) is 22.9. The molecule has 0 aliphatic rings. The Morgan fingerprint density at radius 2 is 2.00 bits per heavy atom. The summed E-state index contributed by atoms with van der Waals surface area (Å²) in [5.41, 5.74) is 1.60. The van der Waals surface area contributed by atoms with Gasteiger partial charge in [0.1, 0.15) is 5.69 Å². The molecule has 110 valence electrons. The van der Waals surface area contributed by atoms with Gasteiger partial charge in [-0.25, -0.2) is 0 Å². The number of nitrogens with one attached hydrogen (secondary N) is 1. The van der Waals surface area contributed by atoms with Gasteiger partial charge in [0, 0.05) is 30.3 Å². The minimum atomic E-state index is -0.326. The van der Waals surface area contributed by atoms with Gasteiger partial charge in [-0.05, 0) is 18.2 Å². The lowest BCUT2D eigenvalue weighted by molar-refractivity contribution is 0.0944. The number of carbonyl (C=O) groups is 2. The van der Waals surface area contributed by atoms with Gasteiger partial charge in [-0.2, -0.15) is 5.10 Å². The lowest BCUT2D eigenvalue weighted by Gasteiger charge is -2.25. The zero-order valence-corrected chi connectivity index (χ0v) is 12.5. The van der Waals surface area contributed by atoms with E-state index in [1.807, 2.05) is 32.0 Å².